The Kier molecular flexibility index (Phi) is 3.38. The quantitative estimate of drug-likeness (QED) is 0.724. The summed E-state index contributed by atoms with van der Waals surface area (Å²) >= 11 is 13.3. The number of rotatable bonds is 3. The zero-order valence-corrected chi connectivity index (χ0v) is 13.9. The highest BCUT2D eigenvalue weighted by Crippen LogP contribution is 2.77. The van der Waals surface area contributed by atoms with Crippen LogP contribution in [-0.4, -0.2) is 10.9 Å². The molecule has 0 bridgehead atoms. The second-order valence-corrected chi connectivity index (χ2v) is 7.24. The van der Waals surface area contributed by atoms with Gasteiger partial charge in [-0.05, 0) is 30.7 Å². The minimum atomic E-state index is -1.09. The zero-order valence-electron chi connectivity index (χ0n) is 12.4. The lowest BCUT2D eigenvalue weighted by Gasteiger charge is -2.31. The second kappa shape index (κ2) is 5.10. The Morgan fingerprint density at radius 3 is 2.52 bits per heavy atom. The molecular formula is C18H15Cl2FO2. The first-order valence-electron chi connectivity index (χ1n) is 7.55. The molecule has 0 N–H and O–H groups in total. The highest BCUT2D eigenvalue weighted by molar-refractivity contribution is 6.52. The molecule has 2 aromatic carbocycles. The van der Waals surface area contributed by atoms with Crippen molar-refractivity contribution < 1.29 is 13.9 Å². The van der Waals surface area contributed by atoms with Crippen molar-refractivity contribution in [3.05, 3.63) is 65.5 Å². The summed E-state index contributed by atoms with van der Waals surface area (Å²) in [6, 6.07) is 13.9. The average molecular weight is 353 g/mol. The standard InChI is InChI=1S/C18H15Cl2FO2/c1-2-22-17-13-5-3-4-6-14(13)23-15(16(17)18(17,19)20)11-7-9-12(21)10-8-11/h3-10,15-16H,2H2,1H3/t15-,16-,17-/m1/s1. The third-order valence-electron chi connectivity index (χ3n) is 4.65. The van der Waals surface area contributed by atoms with Crippen molar-refractivity contribution in [1.82, 2.24) is 0 Å². The fourth-order valence-corrected chi connectivity index (χ4v) is 4.62. The Hall–Kier alpha value is -1.29. The Morgan fingerprint density at radius 1 is 1.13 bits per heavy atom. The third-order valence-corrected chi connectivity index (χ3v) is 5.69. The van der Waals surface area contributed by atoms with Crippen molar-refractivity contribution in [2.45, 2.75) is 23.0 Å². The molecule has 0 amide bonds. The van der Waals surface area contributed by atoms with Gasteiger partial charge in [0, 0.05) is 12.2 Å². The van der Waals surface area contributed by atoms with Gasteiger partial charge in [0.15, 0.2) is 4.33 Å². The molecule has 1 fully saturated rings. The van der Waals surface area contributed by atoms with Crippen LogP contribution < -0.4 is 4.74 Å². The van der Waals surface area contributed by atoms with Crippen molar-refractivity contribution in [1.29, 1.82) is 0 Å². The number of hydrogen-bond donors (Lipinski definition) is 0. The lowest BCUT2D eigenvalue weighted by atomic mass is 9.95. The summed E-state index contributed by atoms with van der Waals surface area (Å²) < 4.78 is 24.3. The molecule has 4 rings (SSSR count). The normalized spacial score (nSPS) is 30.1. The molecule has 2 aliphatic rings. The Bertz CT molecular complexity index is 747. The van der Waals surface area contributed by atoms with E-state index in [9.17, 15) is 4.39 Å². The van der Waals surface area contributed by atoms with E-state index in [0.29, 0.717) is 12.4 Å². The molecule has 0 aromatic heterocycles. The van der Waals surface area contributed by atoms with Crippen LogP contribution in [0.4, 0.5) is 4.39 Å². The van der Waals surface area contributed by atoms with E-state index < -0.39 is 9.93 Å². The molecule has 1 saturated carbocycles. The number of fused-ring (bicyclic) bond motifs is 3. The Morgan fingerprint density at radius 2 is 1.83 bits per heavy atom. The van der Waals surface area contributed by atoms with Gasteiger partial charge in [0.1, 0.15) is 23.3 Å². The minimum Gasteiger partial charge on any atom is -0.485 e. The monoisotopic (exact) mass is 352 g/mol. The molecule has 23 heavy (non-hydrogen) atoms. The van der Waals surface area contributed by atoms with Crippen LogP contribution in [0.1, 0.15) is 24.2 Å². The SMILES string of the molecule is CCO[C@]12c3ccccc3O[C@H](c3ccc(F)cc3)[C@H]1C2(Cl)Cl. The maximum absolute atomic E-state index is 13.2. The van der Waals surface area contributed by atoms with Gasteiger partial charge in [-0.1, -0.05) is 53.5 Å². The molecule has 120 valence electrons. The number of hydrogen-bond acceptors (Lipinski definition) is 2. The lowest BCUT2D eigenvalue weighted by Crippen LogP contribution is -2.27. The van der Waals surface area contributed by atoms with Gasteiger partial charge < -0.3 is 9.47 Å². The largest absolute Gasteiger partial charge is 0.485 e. The fourth-order valence-electron chi connectivity index (χ4n) is 3.64. The molecule has 0 spiro atoms. The van der Waals surface area contributed by atoms with E-state index in [-0.39, 0.29) is 17.8 Å². The van der Waals surface area contributed by atoms with E-state index in [1.165, 1.54) is 12.1 Å². The molecule has 5 heteroatoms. The Balaban J connectivity index is 1.85. The summed E-state index contributed by atoms with van der Waals surface area (Å²) in [5, 5.41) is 0. The summed E-state index contributed by atoms with van der Waals surface area (Å²) in [7, 11) is 0. The number of alkyl halides is 2. The zero-order chi connectivity index (χ0) is 16.2. The Labute approximate surface area is 144 Å². The van der Waals surface area contributed by atoms with E-state index in [2.05, 4.69) is 0 Å². The van der Waals surface area contributed by atoms with Gasteiger partial charge in [-0.2, -0.15) is 0 Å². The number of ether oxygens (including phenoxy) is 2. The van der Waals surface area contributed by atoms with E-state index in [4.69, 9.17) is 32.7 Å². The predicted molar refractivity (Wildman–Crippen MR) is 87.4 cm³/mol. The molecule has 0 unspecified atom stereocenters. The van der Waals surface area contributed by atoms with Crippen LogP contribution in [0.15, 0.2) is 48.5 Å². The summed E-state index contributed by atoms with van der Waals surface area (Å²) in [5.41, 5.74) is 0.909. The van der Waals surface area contributed by atoms with Gasteiger partial charge in [0.05, 0.1) is 5.92 Å². The fraction of sp³-hybridized carbons (Fsp3) is 0.333. The van der Waals surface area contributed by atoms with Gasteiger partial charge in [-0.25, -0.2) is 4.39 Å². The average Bonchev–Trinajstić information content (AvgIpc) is 3.05. The molecule has 1 aliphatic heterocycles. The van der Waals surface area contributed by atoms with Crippen molar-refractivity contribution >= 4 is 23.2 Å². The van der Waals surface area contributed by atoms with E-state index in [1.54, 1.807) is 12.1 Å². The molecule has 0 radical (unpaired) electrons. The molecule has 1 aliphatic carbocycles. The summed E-state index contributed by atoms with van der Waals surface area (Å²) in [4.78, 5) is 0. The van der Waals surface area contributed by atoms with Gasteiger partial charge >= 0.3 is 0 Å². The first-order valence-corrected chi connectivity index (χ1v) is 8.31. The van der Waals surface area contributed by atoms with Gasteiger partial charge in [0.2, 0.25) is 0 Å². The first-order chi connectivity index (χ1) is 11.0. The van der Waals surface area contributed by atoms with Crippen LogP contribution in [0.3, 0.4) is 0 Å². The van der Waals surface area contributed by atoms with E-state index in [0.717, 1.165) is 11.1 Å². The summed E-state index contributed by atoms with van der Waals surface area (Å²) in [6.07, 6.45) is -0.382. The van der Waals surface area contributed by atoms with E-state index >= 15 is 0 Å². The molecule has 1 heterocycles. The molecule has 0 saturated heterocycles. The van der Waals surface area contributed by atoms with Crippen LogP contribution in [0, 0.1) is 11.7 Å². The van der Waals surface area contributed by atoms with Crippen LogP contribution in [-0.2, 0) is 10.3 Å². The van der Waals surface area contributed by atoms with Crippen molar-refractivity contribution in [3.63, 3.8) is 0 Å². The highest BCUT2D eigenvalue weighted by atomic mass is 35.5. The number of halogens is 3. The van der Waals surface area contributed by atoms with Crippen LogP contribution in [0.25, 0.3) is 0 Å². The summed E-state index contributed by atoms with van der Waals surface area (Å²) in [5.74, 6) is 0.160. The lowest BCUT2D eigenvalue weighted by molar-refractivity contribution is -0.0119. The van der Waals surface area contributed by atoms with Crippen molar-refractivity contribution in [2.75, 3.05) is 6.61 Å². The molecule has 2 aromatic rings. The molecular weight excluding hydrogens is 338 g/mol. The topological polar surface area (TPSA) is 18.5 Å². The minimum absolute atomic E-state index is 0.251. The van der Waals surface area contributed by atoms with Crippen LogP contribution in [0.5, 0.6) is 5.75 Å². The van der Waals surface area contributed by atoms with Crippen LogP contribution in [0.2, 0.25) is 0 Å². The van der Waals surface area contributed by atoms with Gasteiger partial charge in [-0.3, -0.25) is 0 Å². The third kappa shape index (κ3) is 1.97. The predicted octanol–water partition coefficient (Wildman–Crippen LogP) is 4.99. The molecule has 2 nitrogen and oxygen atoms in total. The smallest absolute Gasteiger partial charge is 0.161 e. The van der Waals surface area contributed by atoms with Crippen molar-refractivity contribution in [2.24, 2.45) is 5.92 Å². The maximum Gasteiger partial charge on any atom is 0.161 e. The maximum atomic E-state index is 13.2. The second-order valence-electron chi connectivity index (χ2n) is 5.86. The first kappa shape index (κ1) is 15.3. The van der Waals surface area contributed by atoms with Crippen molar-refractivity contribution in [3.8, 4) is 5.75 Å². The highest BCUT2D eigenvalue weighted by Gasteiger charge is 2.83. The van der Waals surface area contributed by atoms with E-state index in [1.807, 2.05) is 31.2 Å². The summed E-state index contributed by atoms with van der Waals surface area (Å²) in [6.45, 7) is 2.40. The number of para-hydroxylation sites is 1. The molecule has 3 atom stereocenters. The number of benzene rings is 2. The van der Waals surface area contributed by atoms with Gasteiger partial charge in [0.25, 0.3) is 0 Å². The van der Waals surface area contributed by atoms with Gasteiger partial charge in [-0.15, -0.1) is 0 Å². The van der Waals surface area contributed by atoms with Crippen LogP contribution >= 0.6 is 23.2 Å².